The molecule has 2 heterocycles. The molecule has 1 saturated heterocycles. The number of aromatic nitrogens is 1. The van der Waals surface area contributed by atoms with Gasteiger partial charge in [-0.15, -0.1) is 0 Å². The first-order chi connectivity index (χ1) is 12.8. The monoisotopic (exact) mass is 370 g/mol. The number of hydrogen-bond acceptors (Lipinski definition) is 3. The number of hydrogen-bond donors (Lipinski definition) is 2. The third-order valence-corrected chi connectivity index (χ3v) is 6.18. The van der Waals surface area contributed by atoms with Crippen LogP contribution in [0.4, 0.5) is 4.79 Å². The van der Waals surface area contributed by atoms with Crippen LogP contribution < -0.4 is 0 Å². The minimum absolute atomic E-state index is 0.0480. The topological polar surface area (TPSA) is 65.6 Å². The van der Waals surface area contributed by atoms with Gasteiger partial charge >= 0.3 is 6.09 Å². The van der Waals surface area contributed by atoms with Crippen molar-refractivity contribution in [3.63, 3.8) is 0 Å². The van der Waals surface area contributed by atoms with Crippen LogP contribution in [0.15, 0.2) is 24.3 Å². The van der Waals surface area contributed by atoms with E-state index in [2.05, 4.69) is 23.2 Å². The van der Waals surface area contributed by atoms with Gasteiger partial charge in [0.05, 0.1) is 6.04 Å². The number of fused-ring (bicyclic) bond motifs is 5. The smallest absolute Gasteiger partial charge is 0.410 e. The molecular weight excluding hydrogens is 340 g/mol. The van der Waals surface area contributed by atoms with Gasteiger partial charge in [0.1, 0.15) is 5.60 Å². The molecular formula is C22H30N2O3. The number of aliphatic hydroxyl groups is 1. The van der Waals surface area contributed by atoms with Gasteiger partial charge in [0, 0.05) is 35.3 Å². The largest absolute Gasteiger partial charge is 0.444 e. The number of carbonyl (C=O) groups excluding carboxylic acids is 1. The van der Waals surface area contributed by atoms with Gasteiger partial charge in [0.2, 0.25) is 0 Å². The van der Waals surface area contributed by atoms with Gasteiger partial charge in [-0.05, 0) is 64.4 Å². The molecule has 1 fully saturated rings. The number of nitrogens with one attached hydrogen (secondary N) is 1. The van der Waals surface area contributed by atoms with E-state index in [0.717, 1.165) is 37.6 Å². The molecule has 1 amide bonds. The van der Waals surface area contributed by atoms with Crippen LogP contribution in [0.5, 0.6) is 0 Å². The van der Waals surface area contributed by atoms with Crippen molar-refractivity contribution in [2.75, 3.05) is 13.2 Å². The van der Waals surface area contributed by atoms with E-state index >= 15 is 0 Å². The summed E-state index contributed by atoms with van der Waals surface area (Å²) in [5.41, 5.74) is 2.98. The molecule has 1 aromatic heterocycles. The van der Waals surface area contributed by atoms with Crippen LogP contribution in [0.1, 0.15) is 63.8 Å². The Hall–Kier alpha value is -2.01. The van der Waals surface area contributed by atoms with E-state index in [0.29, 0.717) is 6.54 Å². The summed E-state index contributed by atoms with van der Waals surface area (Å²) in [7, 11) is 0. The number of amides is 1. The minimum Gasteiger partial charge on any atom is -0.444 e. The molecule has 0 bridgehead atoms. The summed E-state index contributed by atoms with van der Waals surface area (Å²) in [4.78, 5) is 18.6. The van der Waals surface area contributed by atoms with E-state index in [1.165, 1.54) is 16.6 Å². The summed E-state index contributed by atoms with van der Waals surface area (Å²) in [5.74, 6) is 0. The number of likely N-dealkylation sites (tertiary alicyclic amines) is 1. The lowest BCUT2D eigenvalue weighted by Gasteiger charge is -2.52. The van der Waals surface area contributed by atoms with Crippen LogP contribution in [0, 0.1) is 5.41 Å². The van der Waals surface area contributed by atoms with Gasteiger partial charge in [-0.1, -0.05) is 18.2 Å². The number of nitrogens with zero attached hydrogens (tertiary/aromatic N) is 1. The summed E-state index contributed by atoms with van der Waals surface area (Å²) >= 11 is 0. The summed E-state index contributed by atoms with van der Waals surface area (Å²) in [6.45, 7) is 6.58. The fraction of sp³-hybridized carbons (Fsp3) is 0.591. The Kier molecular flexibility index (Phi) is 4.46. The number of para-hydroxylation sites is 1. The molecule has 2 N–H and O–H groups in total. The molecule has 146 valence electrons. The van der Waals surface area contributed by atoms with E-state index in [1.54, 1.807) is 0 Å². The first-order valence-corrected chi connectivity index (χ1v) is 10.0. The second kappa shape index (κ2) is 6.55. The van der Waals surface area contributed by atoms with Crippen molar-refractivity contribution in [3.05, 3.63) is 35.5 Å². The maximum atomic E-state index is 13.1. The number of rotatable bonds is 2. The highest BCUT2D eigenvalue weighted by Crippen LogP contribution is 2.56. The molecule has 1 aliphatic carbocycles. The van der Waals surface area contributed by atoms with Crippen molar-refractivity contribution >= 4 is 17.0 Å². The number of aromatic amines is 1. The Balaban J connectivity index is 1.84. The molecule has 4 rings (SSSR count). The van der Waals surface area contributed by atoms with Crippen molar-refractivity contribution in [1.82, 2.24) is 9.88 Å². The molecule has 5 nitrogen and oxygen atoms in total. The highest BCUT2D eigenvalue weighted by Gasteiger charge is 2.51. The molecule has 0 unspecified atom stereocenters. The number of aryl methyl sites for hydroxylation is 1. The summed E-state index contributed by atoms with van der Waals surface area (Å²) < 4.78 is 5.77. The Morgan fingerprint density at radius 2 is 2.11 bits per heavy atom. The summed E-state index contributed by atoms with van der Waals surface area (Å²) in [5, 5.41) is 11.0. The van der Waals surface area contributed by atoms with Crippen LogP contribution in [0.2, 0.25) is 0 Å². The van der Waals surface area contributed by atoms with Crippen molar-refractivity contribution in [1.29, 1.82) is 0 Å². The Bertz CT molecular complexity index is 847. The minimum atomic E-state index is -0.522. The quantitative estimate of drug-likeness (QED) is 0.815. The fourth-order valence-electron chi connectivity index (χ4n) is 5.15. The maximum absolute atomic E-state index is 13.1. The van der Waals surface area contributed by atoms with Crippen molar-refractivity contribution < 1.29 is 14.6 Å². The maximum Gasteiger partial charge on any atom is 0.410 e. The van der Waals surface area contributed by atoms with Crippen LogP contribution in [0.3, 0.4) is 0 Å². The van der Waals surface area contributed by atoms with Gasteiger partial charge in [-0.3, -0.25) is 0 Å². The SMILES string of the molecule is CC(C)(C)OC(=O)N1CCC[C@]2(CCO)CCc3[nH]c4ccccc4c3[C@H]12. The number of piperidine rings is 1. The fourth-order valence-corrected chi connectivity index (χ4v) is 5.15. The van der Waals surface area contributed by atoms with Crippen molar-refractivity contribution in [2.24, 2.45) is 5.41 Å². The summed E-state index contributed by atoms with van der Waals surface area (Å²) in [6.07, 6.45) is 4.41. The van der Waals surface area contributed by atoms with Crippen LogP contribution in [-0.4, -0.2) is 39.8 Å². The van der Waals surface area contributed by atoms with Crippen molar-refractivity contribution in [2.45, 2.75) is 64.5 Å². The molecule has 1 aliphatic heterocycles. The second-order valence-corrected chi connectivity index (χ2v) is 9.08. The number of H-pyrrole nitrogens is 1. The number of aliphatic hydroxyl groups excluding tert-OH is 1. The van der Waals surface area contributed by atoms with E-state index in [-0.39, 0.29) is 24.2 Å². The average molecular weight is 370 g/mol. The normalized spacial score (nSPS) is 25.2. The van der Waals surface area contributed by atoms with Crippen LogP contribution in [-0.2, 0) is 11.2 Å². The molecule has 27 heavy (non-hydrogen) atoms. The van der Waals surface area contributed by atoms with Gasteiger partial charge in [0.15, 0.2) is 0 Å². The van der Waals surface area contributed by atoms with Crippen LogP contribution in [0.25, 0.3) is 10.9 Å². The third-order valence-electron chi connectivity index (χ3n) is 6.18. The van der Waals surface area contributed by atoms with E-state index < -0.39 is 5.60 Å². The highest BCUT2D eigenvalue weighted by atomic mass is 16.6. The Morgan fingerprint density at radius 3 is 2.85 bits per heavy atom. The first kappa shape index (κ1) is 18.4. The lowest BCUT2D eigenvalue weighted by molar-refractivity contribution is -0.0405. The molecule has 2 atom stereocenters. The zero-order chi connectivity index (χ0) is 19.2. The van der Waals surface area contributed by atoms with Crippen LogP contribution >= 0.6 is 0 Å². The third kappa shape index (κ3) is 3.12. The molecule has 0 spiro atoms. The zero-order valence-electron chi connectivity index (χ0n) is 16.5. The van der Waals surface area contributed by atoms with Gasteiger partial charge in [-0.2, -0.15) is 0 Å². The van der Waals surface area contributed by atoms with Gasteiger partial charge < -0.3 is 19.7 Å². The van der Waals surface area contributed by atoms with E-state index in [9.17, 15) is 9.90 Å². The predicted octanol–water partition coefficient (Wildman–Crippen LogP) is 4.55. The Morgan fingerprint density at radius 1 is 1.33 bits per heavy atom. The average Bonchev–Trinajstić information content (AvgIpc) is 2.98. The lowest BCUT2D eigenvalue weighted by Crippen LogP contribution is -2.52. The van der Waals surface area contributed by atoms with E-state index in [4.69, 9.17) is 4.74 Å². The van der Waals surface area contributed by atoms with Gasteiger partial charge in [-0.25, -0.2) is 4.79 Å². The molecule has 0 saturated carbocycles. The summed E-state index contributed by atoms with van der Waals surface area (Å²) in [6, 6.07) is 8.29. The highest BCUT2D eigenvalue weighted by molar-refractivity contribution is 5.86. The standard InChI is InChI=1S/C22H30N2O3/c1-21(2,3)27-20(26)24-13-6-10-22(12-14-25)11-9-17-18(19(22)24)15-7-4-5-8-16(15)23-17/h4-5,7-8,19,23,25H,6,9-14H2,1-3H3/t19-,22+/m0/s1. The molecule has 2 aliphatic rings. The first-order valence-electron chi connectivity index (χ1n) is 10.0. The molecule has 2 aromatic rings. The van der Waals surface area contributed by atoms with E-state index in [1.807, 2.05) is 31.7 Å². The number of carbonyl (C=O) groups is 1. The Labute approximate surface area is 160 Å². The van der Waals surface area contributed by atoms with Crippen molar-refractivity contribution in [3.8, 4) is 0 Å². The molecule has 1 aromatic carbocycles. The number of ether oxygens (including phenoxy) is 1. The predicted molar refractivity (Wildman–Crippen MR) is 106 cm³/mol. The number of benzene rings is 1. The molecule has 5 heteroatoms. The second-order valence-electron chi connectivity index (χ2n) is 9.08. The molecule has 0 radical (unpaired) electrons. The van der Waals surface area contributed by atoms with Gasteiger partial charge in [0.25, 0.3) is 0 Å². The zero-order valence-corrected chi connectivity index (χ0v) is 16.5. The lowest BCUT2D eigenvalue weighted by atomic mass is 9.62.